The predicted molar refractivity (Wildman–Crippen MR) is 46.7 cm³/mol. The lowest BCUT2D eigenvalue weighted by molar-refractivity contribution is -0.0446. The van der Waals surface area contributed by atoms with E-state index in [9.17, 15) is 0 Å². The predicted octanol–water partition coefficient (Wildman–Crippen LogP) is 1.36. The lowest BCUT2D eigenvalue weighted by Crippen LogP contribution is -2.50. The maximum atomic E-state index is 5.48. The Morgan fingerprint density at radius 3 is 2.45 bits per heavy atom. The van der Waals surface area contributed by atoms with Gasteiger partial charge in [-0.2, -0.15) is 0 Å². The van der Waals surface area contributed by atoms with Crippen molar-refractivity contribution >= 4 is 0 Å². The first-order valence-electron chi connectivity index (χ1n) is 4.42. The Hall–Kier alpha value is -0.0800. The average Bonchev–Trinajstić information content (AvgIpc) is 1.94. The fourth-order valence-corrected chi connectivity index (χ4v) is 1.58. The zero-order chi connectivity index (χ0) is 8.43. The molecule has 1 aliphatic rings. The Kier molecular flexibility index (Phi) is 2.90. The Morgan fingerprint density at radius 1 is 1.36 bits per heavy atom. The summed E-state index contributed by atoms with van der Waals surface area (Å²) in [5.74, 6) is 0.697. The molecule has 11 heavy (non-hydrogen) atoms. The van der Waals surface area contributed by atoms with Crippen molar-refractivity contribution < 1.29 is 4.74 Å². The number of hydrogen-bond donors (Lipinski definition) is 0. The molecule has 0 saturated carbocycles. The normalized spacial score (nSPS) is 34.6. The quantitative estimate of drug-likeness (QED) is 0.570. The van der Waals surface area contributed by atoms with E-state index in [-0.39, 0.29) is 0 Å². The van der Waals surface area contributed by atoms with Crippen LogP contribution in [0.25, 0.3) is 0 Å². The maximum absolute atomic E-state index is 5.48. The second-order valence-electron chi connectivity index (χ2n) is 3.86. The third-order valence-electron chi connectivity index (χ3n) is 2.64. The summed E-state index contributed by atoms with van der Waals surface area (Å²) in [6.45, 7) is 8.51. The summed E-state index contributed by atoms with van der Waals surface area (Å²) in [7, 11) is 2.19. The van der Waals surface area contributed by atoms with Gasteiger partial charge < -0.3 is 4.74 Å². The minimum absolute atomic E-state index is 0.580. The van der Waals surface area contributed by atoms with Crippen LogP contribution in [0, 0.1) is 5.92 Å². The van der Waals surface area contributed by atoms with Crippen LogP contribution >= 0.6 is 0 Å². The highest BCUT2D eigenvalue weighted by atomic mass is 16.5. The van der Waals surface area contributed by atoms with Gasteiger partial charge in [-0.1, -0.05) is 13.8 Å². The first-order valence-corrected chi connectivity index (χ1v) is 4.42. The molecule has 1 fully saturated rings. The summed E-state index contributed by atoms with van der Waals surface area (Å²) in [5.41, 5.74) is 0. The van der Waals surface area contributed by atoms with Crippen LogP contribution in [0.4, 0.5) is 0 Å². The monoisotopic (exact) mass is 157 g/mol. The van der Waals surface area contributed by atoms with Gasteiger partial charge in [-0.3, -0.25) is 4.90 Å². The molecule has 0 aromatic rings. The summed E-state index contributed by atoms with van der Waals surface area (Å²) >= 11 is 0. The van der Waals surface area contributed by atoms with Crippen LogP contribution in [-0.2, 0) is 4.74 Å². The standard InChI is InChI=1S/C9H19NO/c1-7(2)9-6-11-5-8(3)10(9)4/h7-9H,5-6H2,1-4H3/t8-,9+/m0/s1. The molecule has 0 aromatic heterocycles. The van der Waals surface area contributed by atoms with Crippen molar-refractivity contribution in [1.29, 1.82) is 0 Å². The fourth-order valence-electron chi connectivity index (χ4n) is 1.58. The van der Waals surface area contributed by atoms with Crippen LogP contribution in [-0.4, -0.2) is 37.2 Å². The van der Waals surface area contributed by atoms with Crippen molar-refractivity contribution in [1.82, 2.24) is 4.90 Å². The van der Waals surface area contributed by atoms with Crippen LogP contribution in [0.1, 0.15) is 20.8 Å². The summed E-state index contributed by atoms with van der Waals surface area (Å²) in [4.78, 5) is 2.42. The van der Waals surface area contributed by atoms with Crippen molar-refractivity contribution in [2.75, 3.05) is 20.3 Å². The molecule has 0 unspecified atom stereocenters. The SMILES string of the molecule is CC(C)[C@H]1COC[C@H](C)N1C. The summed E-state index contributed by atoms with van der Waals surface area (Å²) in [6, 6.07) is 1.19. The molecule has 2 nitrogen and oxygen atoms in total. The van der Waals surface area contributed by atoms with Gasteiger partial charge in [0, 0.05) is 12.1 Å². The molecule has 2 atom stereocenters. The van der Waals surface area contributed by atoms with Crippen LogP contribution in [0.2, 0.25) is 0 Å². The number of likely N-dealkylation sites (N-methyl/N-ethyl adjacent to an activating group) is 1. The van der Waals surface area contributed by atoms with Gasteiger partial charge in [-0.05, 0) is 19.9 Å². The summed E-state index contributed by atoms with van der Waals surface area (Å²) < 4.78 is 5.48. The molecule has 66 valence electrons. The van der Waals surface area contributed by atoms with E-state index in [0.717, 1.165) is 13.2 Å². The first kappa shape index (κ1) is 9.01. The van der Waals surface area contributed by atoms with E-state index in [1.807, 2.05) is 0 Å². The summed E-state index contributed by atoms with van der Waals surface area (Å²) in [5, 5.41) is 0. The van der Waals surface area contributed by atoms with E-state index >= 15 is 0 Å². The number of hydrogen-bond acceptors (Lipinski definition) is 2. The van der Waals surface area contributed by atoms with Crippen LogP contribution in [0.3, 0.4) is 0 Å². The molecule has 0 amide bonds. The molecule has 0 aliphatic carbocycles. The van der Waals surface area contributed by atoms with Gasteiger partial charge in [-0.15, -0.1) is 0 Å². The first-order chi connectivity index (χ1) is 5.13. The number of rotatable bonds is 1. The minimum Gasteiger partial charge on any atom is -0.378 e. The van der Waals surface area contributed by atoms with Crippen LogP contribution in [0.5, 0.6) is 0 Å². The van der Waals surface area contributed by atoms with E-state index < -0.39 is 0 Å². The number of morpholine rings is 1. The van der Waals surface area contributed by atoms with Crippen LogP contribution in [0.15, 0.2) is 0 Å². The number of nitrogens with zero attached hydrogens (tertiary/aromatic N) is 1. The highest BCUT2D eigenvalue weighted by molar-refractivity contribution is 4.79. The summed E-state index contributed by atoms with van der Waals surface area (Å²) in [6.07, 6.45) is 0. The molecular weight excluding hydrogens is 138 g/mol. The van der Waals surface area contributed by atoms with Crippen molar-refractivity contribution in [3.63, 3.8) is 0 Å². The van der Waals surface area contributed by atoms with E-state index in [4.69, 9.17) is 4.74 Å². The Labute approximate surface area is 69.5 Å². The largest absolute Gasteiger partial charge is 0.378 e. The second-order valence-corrected chi connectivity index (χ2v) is 3.86. The van der Waals surface area contributed by atoms with Gasteiger partial charge in [0.05, 0.1) is 13.2 Å². The lowest BCUT2D eigenvalue weighted by Gasteiger charge is -2.39. The van der Waals surface area contributed by atoms with E-state index in [1.165, 1.54) is 0 Å². The molecule has 1 heterocycles. The van der Waals surface area contributed by atoms with Crippen molar-refractivity contribution in [2.24, 2.45) is 5.92 Å². The van der Waals surface area contributed by atoms with Crippen LogP contribution < -0.4 is 0 Å². The van der Waals surface area contributed by atoms with Crippen molar-refractivity contribution in [3.8, 4) is 0 Å². The Bertz CT molecular complexity index is 125. The van der Waals surface area contributed by atoms with Gasteiger partial charge in [0.1, 0.15) is 0 Å². The van der Waals surface area contributed by atoms with E-state index in [1.54, 1.807) is 0 Å². The molecule has 1 rings (SSSR count). The van der Waals surface area contributed by atoms with E-state index in [2.05, 4.69) is 32.7 Å². The highest BCUT2D eigenvalue weighted by Gasteiger charge is 2.26. The third-order valence-corrected chi connectivity index (χ3v) is 2.64. The number of ether oxygens (including phenoxy) is 1. The highest BCUT2D eigenvalue weighted by Crippen LogP contribution is 2.16. The zero-order valence-corrected chi connectivity index (χ0v) is 8.00. The van der Waals surface area contributed by atoms with Gasteiger partial charge >= 0.3 is 0 Å². The second kappa shape index (κ2) is 3.55. The lowest BCUT2D eigenvalue weighted by atomic mass is 10.0. The zero-order valence-electron chi connectivity index (χ0n) is 8.00. The van der Waals surface area contributed by atoms with Gasteiger partial charge in [0.25, 0.3) is 0 Å². The Morgan fingerprint density at radius 2 is 2.00 bits per heavy atom. The Balaban J connectivity index is 2.51. The van der Waals surface area contributed by atoms with Crippen molar-refractivity contribution in [3.05, 3.63) is 0 Å². The molecular formula is C9H19NO. The molecule has 0 bridgehead atoms. The molecule has 0 spiro atoms. The molecule has 1 aliphatic heterocycles. The molecule has 0 aromatic carbocycles. The van der Waals surface area contributed by atoms with Crippen molar-refractivity contribution in [2.45, 2.75) is 32.9 Å². The third kappa shape index (κ3) is 1.94. The molecule has 0 radical (unpaired) electrons. The van der Waals surface area contributed by atoms with Gasteiger partial charge in [0.15, 0.2) is 0 Å². The minimum atomic E-state index is 0.580. The van der Waals surface area contributed by atoms with Gasteiger partial charge in [0.2, 0.25) is 0 Å². The fraction of sp³-hybridized carbons (Fsp3) is 1.00. The maximum Gasteiger partial charge on any atom is 0.0625 e. The smallest absolute Gasteiger partial charge is 0.0625 e. The molecule has 2 heteroatoms. The molecule has 0 N–H and O–H groups in total. The van der Waals surface area contributed by atoms with E-state index in [0.29, 0.717) is 18.0 Å². The van der Waals surface area contributed by atoms with Gasteiger partial charge in [-0.25, -0.2) is 0 Å². The topological polar surface area (TPSA) is 12.5 Å². The molecule has 1 saturated heterocycles. The average molecular weight is 157 g/mol.